The molecule has 0 aliphatic carbocycles. The number of nitrogens with one attached hydrogen (secondary N) is 2. The van der Waals surface area contributed by atoms with Gasteiger partial charge in [-0.05, 0) is 149 Å². The molecule has 0 atom stereocenters. The molecule has 0 saturated heterocycles. The van der Waals surface area contributed by atoms with Crippen molar-refractivity contribution in [3.05, 3.63) is 251 Å². The highest BCUT2D eigenvalue weighted by Gasteiger charge is 2.41. The number of halogens is 20. The number of hydrogen-bond acceptors (Lipinski definition) is 8. The molecule has 4 N–H and O–H groups in total. The summed E-state index contributed by atoms with van der Waals surface area (Å²) in [5.41, 5.74) is 3.58. The van der Waals surface area contributed by atoms with Crippen LogP contribution >= 0.6 is 47.2 Å². The summed E-state index contributed by atoms with van der Waals surface area (Å²) in [5, 5.41) is 15.5. The lowest BCUT2D eigenvalue weighted by Crippen LogP contribution is -2.50. The van der Waals surface area contributed by atoms with Crippen LogP contribution in [0, 0.1) is 10.7 Å². The van der Waals surface area contributed by atoms with E-state index in [2.05, 4.69) is 29.6 Å². The van der Waals surface area contributed by atoms with Crippen LogP contribution in [0.15, 0.2) is 211 Å². The number of ether oxygens (including phenoxy) is 4. The van der Waals surface area contributed by atoms with Crippen molar-refractivity contribution in [1.29, 1.82) is 5.26 Å². The molecule has 0 radical (unpaired) electrons. The SMILES string of the molecule is ClCCl.FC(F)(F)Oc1cccc(C(Cc2ccccc2)(NC(=S)Nc2cccc(C(F)(F)F)c2)c2cccc(OC(F)(F)F)c2)c1.N#CSc1cccc(C(F)(F)F)c1.NC(Cc1ccccc1)(c1cccc(OC(F)(F)F)c1)c1cccc(OC(F)(F)F)c1. The van der Waals surface area contributed by atoms with Crippen molar-refractivity contribution in [2.24, 2.45) is 5.73 Å². The smallest absolute Gasteiger partial charge is 0.406 e. The van der Waals surface area contributed by atoms with E-state index < -0.39 is 83.0 Å². The van der Waals surface area contributed by atoms with Crippen LogP contribution in [0.3, 0.4) is 0 Å². The van der Waals surface area contributed by atoms with Gasteiger partial charge in [0.25, 0.3) is 0 Å². The third kappa shape index (κ3) is 24.5. The van der Waals surface area contributed by atoms with Gasteiger partial charge in [-0.1, -0.05) is 121 Å². The number of nitrogens with two attached hydrogens (primary N) is 1. The summed E-state index contributed by atoms with van der Waals surface area (Å²) < 4.78 is 247. The molecule has 8 aromatic rings. The number of thiocyanates is 1. The van der Waals surface area contributed by atoms with Crippen LogP contribution < -0.4 is 35.3 Å². The molecular weight excluding hydrogens is 1330 g/mol. The van der Waals surface area contributed by atoms with E-state index in [1.54, 1.807) is 66.1 Å². The van der Waals surface area contributed by atoms with Gasteiger partial charge >= 0.3 is 37.8 Å². The quantitative estimate of drug-likeness (QED) is 0.0302. The summed E-state index contributed by atoms with van der Waals surface area (Å²) in [6, 6.07) is 45.5. The zero-order valence-electron chi connectivity index (χ0n) is 45.8. The Bertz CT molecular complexity index is 3550. The molecule has 0 aliphatic rings. The van der Waals surface area contributed by atoms with Crippen molar-refractivity contribution in [2.45, 2.75) is 66.6 Å². The van der Waals surface area contributed by atoms with Crippen molar-refractivity contribution in [2.75, 3.05) is 10.7 Å². The Kier molecular flexibility index (Phi) is 25.6. The third-order valence-corrected chi connectivity index (χ3v) is 12.8. The van der Waals surface area contributed by atoms with Gasteiger partial charge in [-0.25, -0.2) is 0 Å². The summed E-state index contributed by atoms with van der Waals surface area (Å²) >= 11 is 15.7. The predicted octanol–water partition coefficient (Wildman–Crippen LogP) is 19.6. The van der Waals surface area contributed by atoms with Crippen molar-refractivity contribution >= 4 is 58.0 Å². The Balaban J connectivity index is 0.000000275. The van der Waals surface area contributed by atoms with Crippen molar-refractivity contribution in [1.82, 2.24) is 5.32 Å². The van der Waals surface area contributed by atoms with E-state index in [1.807, 2.05) is 0 Å². The molecule has 0 spiro atoms. The predicted molar refractivity (Wildman–Crippen MR) is 309 cm³/mol. The zero-order valence-corrected chi connectivity index (χ0v) is 48.9. The van der Waals surface area contributed by atoms with Gasteiger partial charge in [0.2, 0.25) is 0 Å². The van der Waals surface area contributed by atoms with Gasteiger partial charge in [0.1, 0.15) is 28.4 Å². The molecular formula is C61H44Cl2F18N4O4S2. The monoisotopic (exact) mass is 1370 g/mol. The maximum absolute atomic E-state index is 13.3. The largest absolute Gasteiger partial charge is 0.573 e. The maximum Gasteiger partial charge on any atom is 0.573 e. The summed E-state index contributed by atoms with van der Waals surface area (Å²) in [4.78, 5) is 0.303. The average molecular weight is 1370 g/mol. The minimum absolute atomic E-state index is 0.0699. The zero-order chi connectivity index (χ0) is 67.5. The molecule has 8 nitrogen and oxygen atoms in total. The molecule has 0 bridgehead atoms. The number of hydrogen-bond donors (Lipinski definition) is 3. The number of thioether (sulfide) groups is 1. The molecule has 0 aliphatic heterocycles. The molecule has 8 aromatic carbocycles. The van der Waals surface area contributed by atoms with Crippen LogP contribution in [0.2, 0.25) is 0 Å². The standard InChI is InChI=1S/C30H21F9N2O2S.C22H17F6NO2.C8H4F3NS.CH2Cl2/c31-28(32,33)22-11-4-12-23(15-22)40-26(44)41-27(18-19-7-2-1-3-8-19,20-9-5-13-24(16-20)42-29(34,35)36)21-10-6-14-25(17-21)43-30(37,38)39;23-21(24,25)30-18-10-4-8-16(12-18)20(29,14-15-6-2-1-3-7-15)17-9-5-11-19(13-17)31-22(26,27)28;9-8(10,11)6-2-1-3-7(4-6)13-5-12;2-1-3/h1-17H,18H2,(H2,40,41,44);1-13H,14,29H2;1-4H;1H2. The highest BCUT2D eigenvalue weighted by atomic mass is 35.5. The highest BCUT2D eigenvalue weighted by Crippen LogP contribution is 2.41. The van der Waals surface area contributed by atoms with Gasteiger partial charge in [-0.15, -0.1) is 75.9 Å². The fourth-order valence-corrected chi connectivity index (χ4v) is 9.26. The first-order valence-corrected chi connectivity index (χ1v) is 27.7. The fraction of sp³-hybridized carbons (Fsp3) is 0.180. The summed E-state index contributed by atoms with van der Waals surface area (Å²) in [6.07, 6.45) is -29.0. The van der Waals surface area contributed by atoms with E-state index in [-0.39, 0.29) is 51.2 Å². The first-order valence-electron chi connectivity index (χ1n) is 25.4. The second-order valence-electron chi connectivity index (χ2n) is 18.5. The third-order valence-electron chi connectivity index (χ3n) is 12.0. The molecule has 0 fully saturated rings. The lowest BCUT2D eigenvalue weighted by Gasteiger charge is -2.38. The Morgan fingerprint density at radius 2 is 0.758 bits per heavy atom. The molecule has 8 rings (SSSR count). The second-order valence-corrected chi connectivity index (χ2v) is 20.6. The highest BCUT2D eigenvalue weighted by molar-refractivity contribution is 8.03. The van der Waals surface area contributed by atoms with Crippen LogP contribution in [0.5, 0.6) is 23.0 Å². The van der Waals surface area contributed by atoms with Crippen molar-refractivity contribution in [3.63, 3.8) is 0 Å². The lowest BCUT2D eigenvalue weighted by atomic mass is 9.77. The summed E-state index contributed by atoms with van der Waals surface area (Å²) in [6.45, 7) is 0. The van der Waals surface area contributed by atoms with Crippen LogP contribution in [-0.2, 0) is 36.3 Å². The molecule has 91 heavy (non-hydrogen) atoms. The van der Waals surface area contributed by atoms with Crippen molar-refractivity contribution < 1.29 is 98.0 Å². The van der Waals surface area contributed by atoms with Crippen LogP contribution in [0.4, 0.5) is 84.7 Å². The number of anilines is 1. The van der Waals surface area contributed by atoms with Crippen molar-refractivity contribution in [3.8, 4) is 28.4 Å². The van der Waals surface area contributed by atoms with Gasteiger partial charge in [0, 0.05) is 17.0 Å². The number of rotatable bonds is 15. The Morgan fingerprint density at radius 3 is 1.13 bits per heavy atom. The second kappa shape index (κ2) is 31.7. The van der Waals surface area contributed by atoms with Crippen LogP contribution in [-0.4, -0.2) is 35.9 Å². The molecule has 30 heteroatoms. The molecule has 0 unspecified atom stereocenters. The Labute approximate surface area is 526 Å². The number of benzene rings is 8. The summed E-state index contributed by atoms with van der Waals surface area (Å²) in [5.74, 6) is -2.24. The number of nitrogens with zero attached hydrogens (tertiary/aromatic N) is 1. The fourth-order valence-electron chi connectivity index (χ4n) is 8.53. The van der Waals surface area contributed by atoms with E-state index >= 15 is 0 Å². The minimum atomic E-state index is -5.06. The number of alkyl halides is 20. The summed E-state index contributed by atoms with van der Waals surface area (Å²) in [7, 11) is 0. The minimum Gasteiger partial charge on any atom is -0.406 e. The van der Waals surface area contributed by atoms with Gasteiger partial charge in [0.15, 0.2) is 5.11 Å². The van der Waals surface area contributed by atoms with Gasteiger partial charge in [-0.3, -0.25) is 0 Å². The number of thiocarbonyl (C=S) groups is 1. The molecule has 0 aromatic heterocycles. The first kappa shape index (κ1) is 73.5. The van der Waals surface area contributed by atoms with E-state index in [9.17, 15) is 79.0 Å². The van der Waals surface area contributed by atoms with Gasteiger partial charge in [-0.2, -0.15) is 31.6 Å². The molecule has 0 amide bonds. The topological polar surface area (TPSA) is 111 Å². The van der Waals surface area contributed by atoms with Gasteiger partial charge in [0.05, 0.1) is 27.5 Å². The van der Waals surface area contributed by atoms with Gasteiger partial charge < -0.3 is 35.3 Å². The molecule has 484 valence electrons. The maximum atomic E-state index is 13.3. The normalized spacial score (nSPS) is 12.0. The van der Waals surface area contributed by atoms with E-state index in [4.69, 9.17) is 46.4 Å². The first-order chi connectivity index (χ1) is 42.4. The van der Waals surface area contributed by atoms with E-state index in [1.165, 1.54) is 66.7 Å². The Morgan fingerprint density at radius 1 is 0.429 bits per heavy atom. The van der Waals surface area contributed by atoms with E-state index in [0.717, 1.165) is 84.4 Å². The molecule has 0 saturated carbocycles. The molecule has 0 heterocycles. The van der Waals surface area contributed by atoms with E-state index in [0.29, 0.717) is 22.2 Å². The average Bonchev–Trinajstić information content (AvgIpc) is 1.34. The number of nitriles is 1. The van der Waals surface area contributed by atoms with Crippen LogP contribution in [0.1, 0.15) is 44.5 Å². The lowest BCUT2D eigenvalue weighted by molar-refractivity contribution is -0.275. The Hall–Kier alpha value is -8.23. The van der Waals surface area contributed by atoms with Crippen LogP contribution in [0.25, 0.3) is 0 Å².